The predicted molar refractivity (Wildman–Crippen MR) is 62.9 cm³/mol. The van der Waals surface area contributed by atoms with Crippen molar-refractivity contribution in [2.24, 2.45) is 5.92 Å². The topological polar surface area (TPSA) is 60.4 Å². The van der Waals surface area contributed by atoms with Crippen molar-refractivity contribution in [1.82, 2.24) is 0 Å². The van der Waals surface area contributed by atoms with E-state index in [2.05, 4.69) is 13.8 Å². The van der Waals surface area contributed by atoms with Crippen LogP contribution in [0.5, 0.6) is 0 Å². The van der Waals surface area contributed by atoms with Gasteiger partial charge in [-0.1, -0.05) is 26.0 Å². The molecule has 0 aromatic rings. The zero-order valence-corrected chi connectivity index (χ0v) is 10.7. The predicted octanol–water partition coefficient (Wildman–Crippen LogP) is 1.91. The Labute approximate surface area is 100 Å². The van der Waals surface area contributed by atoms with E-state index in [0.717, 1.165) is 11.7 Å². The summed E-state index contributed by atoms with van der Waals surface area (Å²) in [6, 6.07) is 0. The van der Waals surface area contributed by atoms with E-state index in [-0.39, 0.29) is 12.1 Å². The van der Waals surface area contributed by atoms with Gasteiger partial charge in [-0.05, 0) is 11.7 Å². The number of rotatable bonds is 6. The van der Waals surface area contributed by atoms with Gasteiger partial charge in [0.15, 0.2) is 0 Å². The Balaban J connectivity index is 0. The van der Waals surface area contributed by atoms with Gasteiger partial charge in [0.1, 0.15) is 6.61 Å². The van der Waals surface area contributed by atoms with Crippen molar-refractivity contribution >= 4 is 23.9 Å². The maximum absolute atomic E-state index is 10.4. The Morgan fingerprint density at radius 2 is 1.94 bits per heavy atom. The van der Waals surface area contributed by atoms with Gasteiger partial charge in [0.2, 0.25) is 0 Å². The van der Waals surface area contributed by atoms with Gasteiger partial charge in [0.25, 0.3) is 0 Å². The lowest BCUT2D eigenvalue weighted by molar-refractivity contribution is -0.191. The van der Waals surface area contributed by atoms with Crippen molar-refractivity contribution in [3.63, 3.8) is 0 Å². The van der Waals surface area contributed by atoms with Gasteiger partial charge in [0.05, 0.1) is 0 Å². The van der Waals surface area contributed by atoms with E-state index in [1.807, 2.05) is 23.9 Å². The average Bonchev–Trinajstić information content (AvgIpc) is 2.16. The second-order valence-corrected chi connectivity index (χ2v) is 4.36. The van der Waals surface area contributed by atoms with Gasteiger partial charge >= 0.3 is 12.1 Å². The Kier molecular flexibility index (Phi) is 15.1. The molecule has 0 spiro atoms. The molecule has 4 nitrogen and oxygen atoms in total. The van der Waals surface area contributed by atoms with Crippen LogP contribution in [0.3, 0.4) is 0 Å². The van der Waals surface area contributed by atoms with E-state index in [1.54, 1.807) is 0 Å². The van der Waals surface area contributed by atoms with Gasteiger partial charge in [0, 0.05) is 12.7 Å². The molecule has 0 aliphatic heterocycles. The SMILES string of the molecule is CC(=O)OC/C=C\CSCC(C)C.O=C=O. The van der Waals surface area contributed by atoms with Crippen LogP contribution in [0.15, 0.2) is 12.2 Å². The summed E-state index contributed by atoms with van der Waals surface area (Å²) < 4.78 is 4.73. The van der Waals surface area contributed by atoms with Gasteiger partial charge in [-0.25, -0.2) is 0 Å². The first-order valence-corrected chi connectivity index (χ1v) is 6.05. The van der Waals surface area contributed by atoms with Crippen LogP contribution in [-0.2, 0) is 19.1 Å². The molecule has 0 aromatic carbocycles. The third kappa shape index (κ3) is 23.1. The maximum Gasteiger partial charge on any atom is 0.373 e. The largest absolute Gasteiger partial charge is 0.462 e. The van der Waals surface area contributed by atoms with Crippen LogP contribution >= 0.6 is 11.8 Å². The van der Waals surface area contributed by atoms with Crippen LogP contribution < -0.4 is 0 Å². The number of hydrogen-bond acceptors (Lipinski definition) is 5. The molecule has 0 aromatic heterocycles. The van der Waals surface area contributed by atoms with Crippen molar-refractivity contribution in [3.05, 3.63) is 12.2 Å². The molecule has 5 heteroatoms. The second kappa shape index (κ2) is 13.9. The molecule has 0 unspecified atom stereocenters. The van der Waals surface area contributed by atoms with Crippen LogP contribution in [0.2, 0.25) is 0 Å². The third-order valence-corrected chi connectivity index (χ3v) is 2.55. The first-order chi connectivity index (χ1) is 7.54. The van der Waals surface area contributed by atoms with E-state index in [4.69, 9.17) is 14.3 Å². The lowest BCUT2D eigenvalue weighted by Gasteiger charge is -2.00. The molecule has 16 heavy (non-hydrogen) atoms. The fourth-order valence-corrected chi connectivity index (χ4v) is 1.55. The Hall–Kier alpha value is -1.06. The van der Waals surface area contributed by atoms with E-state index >= 15 is 0 Å². The molecule has 0 radical (unpaired) electrons. The molecule has 0 aliphatic rings. The quantitative estimate of drug-likeness (QED) is 0.407. The molecule has 0 saturated heterocycles. The highest BCUT2D eigenvalue weighted by Crippen LogP contribution is 2.06. The van der Waals surface area contributed by atoms with Crippen molar-refractivity contribution < 1.29 is 19.1 Å². The molecule has 0 rings (SSSR count). The smallest absolute Gasteiger partial charge is 0.373 e. The molecule has 0 heterocycles. The summed E-state index contributed by atoms with van der Waals surface area (Å²) in [7, 11) is 0. The van der Waals surface area contributed by atoms with Crippen LogP contribution in [0.25, 0.3) is 0 Å². The number of esters is 1. The fourth-order valence-electron chi connectivity index (χ4n) is 0.673. The van der Waals surface area contributed by atoms with E-state index in [9.17, 15) is 4.79 Å². The van der Waals surface area contributed by atoms with Gasteiger partial charge in [-0.3, -0.25) is 4.79 Å². The highest BCUT2D eigenvalue weighted by atomic mass is 32.2. The Morgan fingerprint density at radius 3 is 2.38 bits per heavy atom. The minimum Gasteiger partial charge on any atom is -0.462 e. The summed E-state index contributed by atoms with van der Waals surface area (Å²) in [5.41, 5.74) is 0. The summed E-state index contributed by atoms with van der Waals surface area (Å²) in [4.78, 5) is 26.6. The molecule has 0 N–H and O–H groups in total. The third-order valence-electron chi connectivity index (χ3n) is 1.21. The second-order valence-electron chi connectivity index (χ2n) is 3.29. The number of hydrogen-bond donors (Lipinski definition) is 0. The summed E-state index contributed by atoms with van der Waals surface area (Å²) in [5.74, 6) is 2.70. The van der Waals surface area contributed by atoms with Crippen molar-refractivity contribution in [2.75, 3.05) is 18.1 Å². The minimum atomic E-state index is -0.223. The van der Waals surface area contributed by atoms with Crippen LogP contribution in [0.4, 0.5) is 0 Å². The van der Waals surface area contributed by atoms with E-state index in [1.165, 1.54) is 12.7 Å². The lowest BCUT2D eigenvalue weighted by atomic mass is 10.3. The van der Waals surface area contributed by atoms with E-state index < -0.39 is 0 Å². The molecule has 0 atom stereocenters. The molecule has 0 saturated carbocycles. The molecule has 0 fully saturated rings. The highest BCUT2D eigenvalue weighted by Gasteiger charge is 1.91. The standard InChI is InChI=1S/C10H18O2S.CO2/c1-9(2)8-13-7-5-4-6-12-10(3)11;2-1-3/h4-5,9H,6-8H2,1-3H3;/b5-4-;. The molecular formula is C11H18O4S. The molecule has 0 bridgehead atoms. The van der Waals surface area contributed by atoms with Crippen molar-refractivity contribution in [3.8, 4) is 0 Å². The first kappa shape index (κ1) is 17.3. The van der Waals surface area contributed by atoms with Gasteiger partial charge in [-0.15, -0.1) is 0 Å². The summed E-state index contributed by atoms with van der Waals surface area (Å²) in [5, 5.41) is 0. The summed E-state index contributed by atoms with van der Waals surface area (Å²) in [6.45, 7) is 6.23. The van der Waals surface area contributed by atoms with Crippen LogP contribution in [-0.4, -0.2) is 30.2 Å². The fraction of sp³-hybridized carbons (Fsp3) is 0.636. The highest BCUT2D eigenvalue weighted by molar-refractivity contribution is 7.99. The summed E-state index contributed by atoms with van der Waals surface area (Å²) >= 11 is 1.89. The number of thioether (sulfide) groups is 1. The van der Waals surface area contributed by atoms with E-state index in [0.29, 0.717) is 6.61 Å². The number of ether oxygens (including phenoxy) is 1. The minimum absolute atomic E-state index is 0.223. The van der Waals surface area contributed by atoms with Crippen LogP contribution in [0, 0.1) is 5.92 Å². The monoisotopic (exact) mass is 246 g/mol. The Bertz CT molecular complexity index is 230. The normalized spacial score (nSPS) is 9.50. The number of carbonyl (C=O) groups excluding carboxylic acids is 3. The molecule has 92 valence electrons. The lowest BCUT2D eigenvalue weighted by Crippen LogP contribution is -1.97. The zero-order valence-electron chi connectivity index (χ0n) is 9.89. The van der Waals surface area contributed by atoms with Crippen molar-refractivity contribution in [1.29, 1.82) is 0 Å². The maximum atomic E-state index is 10.4. The zero-order chi connectivity index (χ0) is 12.8. The number of carbonyl (C=O) groups is 1. The van der Waals surface area contributed by atoms with Gasteiger partial charge in [-0.2, -0.15) is 21.4 Å². The average molecular weight is 246 g/mol. The Morgan fingerprint density at radius 1 is 1.38 bits per heavy atom. The molecule has 0 aliphatic carbocycles. The van der Waals surface area contributed by atoms with Gasteiger partial charge < -0.3 is 4.74 Å². The van der Waals surface area contributed by atoms with Crippen LogP contribution in [0.1, 0.15) is 20.8 Å². The molecule has 0 amide bonds. The summed E-state index contributed by atoms with van der Waals surface area (Å²) in [6.07, 6.45) is 4.17. The first-order valence-electron chi connectivity index (χ1n) is 4.90. The van der Waals surface area contributed by atoms with Crippen molar-refractivity contribution in [2.45, 2.75) is 20.8 Å². The molecular weight excluding hydrogens is 228 g/mol.